The summed E-state index contributed by atoms with van der Waals surface area (Å²) >= 11 is 0. The molecule has 0 unspecified atom stereocenters. The van der Waals surface area contributed by atoms with Crippen LogP contribution in [0, 0.1) is 25.5 Å². The zero-order chi connectivity index (χ0) is 13.3. The second kappa shape index (κ2) is 4.86. The molecule has 2 N–H and O–H groups in total. The average molecular weight is 247 g/mol. The minimum absolute atomic E-state index is 0.282. The van der Waals surface area contributed by atoms with Crippen molar-refractivity contribution >= 4 is 0 Å². The van der Waals surface area contributed by atoms with Crippen LogP contribution in [0.2, 0.25) is 0 Å². The first-order valence-electron chi connectivity index (χ1n) is 5.79. The molecule has 2 aromatic rings. The van der Waals surface area contributed by atoms with Crippen molar-refractivity contribution in [1.29, 1.82) is 0 Å². The molecule has 0 saturated carbocycles. The lowest BCUT2D eigenvalue weighted by atomic mass is 9.95. The van der Waals surface area contributed by atoms with Gasteiger partial charge in [-0.3, -0.25) is 0 Å². The van der Waals surface area contributed by atoms with E-state index in [1.54, 1.807) is 6.07 Å². The summed E-state index contributed by atoms with van der Waals surface area (Å²) in [5.74, 6) is -1.64. The minimum Gasteiger partial charge on any atom is -0.326 e. The highest BCUT2D eigenvalue weighted by Crippen LogP contribution is 2.28. The van der Waals surface area contributed by atoms with Crippen molar-refractivity contribution in [2.45, 2.75) is 20.4 Å². The van der Waals surface area contributed by atoms with Crippen molar-refractivity contribution < 1.29 is 8.78 Å². The third kappa shape index (κ3) is 2.14. The third-order valence-electron chi connectivity index (χ3n) is 3.16. The molecule has 2 rings (SSSR count). The van der Waals surface area contributed by atoms with Gasteiger partial charge in [0.05, 0.1) is 0 Å². The number of hydrogen-bond acceptors (Lipinski definition) is 1. The molecule has 0 bridgehead atoms. The van der Waals surface area contributed by atoms with Crippen molar-refractivity contribution in [2.24, 2.45) is 5.73 Å². The van der Waals surface area contributed by atoms with Crippen LogP contribution in [-0.2, 0) is 6.54 Å². The summed E-state index contributed by atoms with van der Waals surface area (Å²) in [5.41, 5.74) is 9.67. The quantitative estimate of drug-likeness (QED) is 0.860. The van der Waals surface area contributed by atoms with Gasteiger partial charge in [-0.15, -0.1) is 0 Å². The highest BCUT2D eigenvalue weighted by Gasteiger charge is 2.11. The van der Waals surface area contributed by atoms with E-state index in [-0.39, 0.29) is 5.56 Å². The van der Waals surface area contributed by atoms with E-state index < -0.39 is 11.6 Å². The van der Waals surface area contributed by atoms with E-state index in [2.05, 4.69) is 0 Å². The van der Waals surface area contributed by atoms with Gasteiger partial charge in [-0.1, -0.05) is 24.3 Å². The molecule has 0 fully saturated rings. The Bertz CT molecular complexity index is 568. The molecule has 0 saturated heterocycles. The first-order valence-corrected chi connectivity index (χ1v) is 5.79. The van der Waals surface area contributed by atoms with Crippen LogP contribution in [-0.4, -0.2) is 0 Å². The molecule has 0 spiro atoms. The van der Waals surface area contributed by atoms with Crippen LogP contribution in [0.1, 0.15) is 16.7 Å². The number of hydrogen-bond donors (Lipinski definition) is 1. The second-order valence-electron chi connectivity index (χ2n) is 4.39. The van der Waals surface area contributed by atoms with Gasteiger partial charge in [-0.2, -0.15) is 0 Å². The Kier molecular flexibility index (Phi) is 3.43. The van der Waals surface area contributed by atoms with Crippen molar-refractivity contribution in [2.75, 3.05) is 0 Å². The highest BCUT2D eigenvalue weighted by atomic mass is 19.2. The maximum atomic E-state index is 13.7. The molecular weight excluding hydrogens is 232 g/mol. The monoisotopic (exact) mass is 247 g/mol. The molecular formula is C15H15F2N. The van der Waals surface area contributed by atoms with Crippen LogP contribution < -0.4 is 5.73 Å². The van der Waals surface area contributed by atoms with Crippen molar-refractivity contribution in [3.63, 3.8) is 0 Å². The zero-order valence-corrected chi connectivity index (χ0v) is 10.4. The number of benzene rings is 2. The first kappa shape index (κ1) is 12.7. The molecule has 1 nitrogen and oxygen atoms in total. The highest BCUT2D eigenvalue weighted by molar-refractivity contribution is 5.67. The second-order valence-corrected chi connectivity index (χ2v) is 4.39. The average Bonchev–Trinajstić information content (AvgIpc) is 2.32. The lowest BCUT2D eigenvalue weighted by Crippen LogP contribution is -2.02. The van der Waals surface area contributed by atoms with Gasteiger partial charge in [0, 0.05) is 12.1 Å². The van der Waals surface area contributed by atoms with Gasteiger partial charge in [-0.25, -0.2) is 8.78 Å². The van der Waals surface area contributed by atoms with E-state index in [9.17, 15) is 8.78 Å². The molecule has 2 aromatic carbocycles. The summed E-state index contributed by atoms with van der Waals surface area (Å²) in [4.78, 5) is 0. The summed E-state index contributed by atoms with van der Waals surface area (Å²) < 4.78 is 26.9. The van der Waals surface area contributed by atoms with Crippen molar-refractivity contribution in [3.05, 3.63) is 58.7 Å². The van der Waals surface area contributed by atoms with Crippen LogP contribution in [0.15, 0.2) is 30.3 Å². The van der Waals surface area contributed by atoms with Crippen LogP contribution in [0.3, 0.4) is 0 Å². The molecule has 0 amide bonds. The Hall–Kier alpha value is -1.74. The largest absolute Gasteiger partial charge is 0.326 e. The van der Waals surface area contributed by atoms with Gasteiger partial charge >= 0.3 is 0 Å². The van der Waals surface area contributed by atoms with E-state index in [0.717, 1.165) is 22.8 Å². The summed E-state index contributed by atoms with van der Waals surface area (Å²) in [5, 5.41) is 0. The minimum atomic E-state index is -0.828. The fourth-order valence-corrected chi connectivity index (χ4v) is 2.20. The summed E-state index contributed by atoms with van der Waals surface area (Å²) in [6, 6.07) is 7.89. The Morgan fingerprint density at radius 3 is 2.22 bits per heavy atom. The maximum absolute atomic E-state index is 13.7. The molecule has 94 valence electrons. The van der Waals surface area contributed by atoms with Crippen molar-refractivity contribution in [1.82, 2.24) is 0 Å². The normalized spacial score (nSPS) is 10.7. The Morgan fingerprint density at radius 1 is 1.06 bits per heavy atom. The molecule has 0 radical (unpaired) electrons. The van der Waals surface area contributed by atoms with Crippen molar-refractivity contribution in [3.8, 4) is 11.1 Å². The Balaban J connectivity index is 2.62. The van der Waals surface area contributed by atoms with Gasteiger partial charge in [0.2, 0.25) is 0 Å². The third-order valence-corrected chi connectivity index (χ3v) is 3.16. The van der Waals surface area contributed by atoms with Gasteiger partial charge in [-0.05, 0) is 42.2 Å². The predicted molar refractivity (Wildman–Crippen MR) is 69.2 cm³/mol. The molecule has 0 atom stereocenters. The standard InChI is InChI=1S/C15H15F2N/c1-9-6-11(7-10(2)13(9)8-18)12-4-3-5-14(16)15(12)17/h3-7H,8,18H2,1-2H3. The molecule has 3 heteroatoms. The van der Waals surface area contributed by atoms with E-state index in [1.807, 2.05) is 26.0 Å². The van der Waals surface area contributed by atoms with E-state index in [0.29, 0.717) is 12.1 Å². The summed E-state index contributed by atoms with van der Waals surface area (Å²) in [6.07, 6.45) is 0. The number of nitrogens with two attached hydrogens (primary N) is 1. The number of rotatable bonds is 2. The maximum Gasteiger partial charge on any atom is 0.166 e. The van der Waals surface area contributed by atoms with Crippen LogP contribution in [0.25, 0.3) is 11.1 Å². The SMILES string of the molecule is Cc1cc(-c2cccc(F)c2F)cc(C)c1CN. The van der Waals surface area contributed by atoms with Gasteiger partial charge in [0.15, 0.2) is 11.6 Å². The molecule has 18 heavy (non-hydrogen) atoms. The molecule has 0 heterocycles. The van der Waals surface area contributed by atoms with Gasteiger partial charge in [0.1, 0.15) is 0 Å². The molecule has 0 aliphatic heterocycles. The van der Waals surface area contributed by atoms with E-state index >= 15 is 0 Å². The topological polar surface area (TPSA) is 26.0 Å². The number of halogens is 2. The molecule has 0 aliphatic rings. The first-order chi connectivity index (χ1) is 8.54. The van der Waals surface area contributed by atoms with Gasteiger partial charge in [0.25, 0.3) is 0 Å². The lowest BCUT2D eigenvalue weighted by Gasteiger charge is -2.12. The predicted octanol–water partition coefficient (Wildman–Crippen LogP) is 3.71. The molecule has 0 aliphatic carbocycles. The fourth-order valence-electron chi connectivity index (χ4n) is 2.20. The summed E-state index contributed by atoms with van der Waals surface area (Å²) in [6.45, 7) is 4.30. The summed E-state index contributed by atoms with van der Waals surface area (Å²) in [7, 11) is 0. The van der Waals surface area contributed by atoms with Crippen LogP contribution in [0.4, 0.5) is 8.78 Å². The Labute approximate surface area is 105 Å². The lowest BCUT2D eigenvalue weighted by molar-refractivity contribution is 0.511. The molecule has 0 aromatic heterocycles. The van der Waals surface area contributed by atoms with Crippen LogP contribution >= 0.6 is 0 Å². The van der Waals surface area contributed by atoms with Crippen LogP contribution in [0.5, 0.6) is 0 Å². The van der Waals surface area contributed by atoms with Gasteiger partial charge < -0.3 is 5.73 Å². The number of aryl methyl sites for hydroxylation is 2. The zero-order valence-electron chi connectivity index (χ0n) is 10.4. The van der Waals surface area contributed by atoms with E-state index in [4.69, 9.17) is 5.73 Å². The Morgan fingerprint density at radius 2 is 1.67 bits per heavy atom. The van der Waals surface area contributed by atoms with E-state index in [1.165, 1.54) is 6.07 Å². The fraction of sp³-hybridized carbons (Fsp3) is 0.200. The smallest absolute Gasteiger partial charge is 0.166 e.